The molecular weight excluding hydrogens is 292 g/mol. The van der Waals surface area contributed by atoms with Crippen molar-refractivity contribution in [3.8, 4) is 0 Å². The van der Waals surface area contributed by atoms with Gasteiger partial charge in [0.05, 0.1) is 0 Å². The van der Waals surface area contributed by atoms with E-state index in [1.165, 1.54) is 18.0 Å². The molecule has 0 saturated heterocycles. The van der Waals surface area contributed by atoms with E-state index in [4.69, 9.17) is 12.3 Å². The van der Waals surface area contributed by atoms with Gasteiger partial charge in [-0.1, -0.05) is 6.08 Å². The van der Waals surface area contributed by atoms with E-state index in [1.54, 1.807) is 0 Å². The molecule has 0 aromatic heterocycles. The first-order valence-electron chi connectivity index (χ1n) is 7.08. The normalized spacial score (nSPS) is 17.1. The number of hydrogen-bond acceptors (Lipinski definition) is 3. The highest BCUT2D eigenvalue weighted by atomic mass is 28.5. The molecule has 0 aliphatic heterocycles. The van der Waals surface area contributed by atoms with Crippen molar-refractivity contribution in [1.29, 1.82) is 0 Å². The quantitative estimate of drug-likeness (QED) is 0.675. The lowest BCUT2D eigenvalue weighted by molar-refractivity contribution is 0.281. The highest BCUT2D eigenvalue weighted by molar-refractivity contribution is 6.84. The summed E-state index contributed by atoms with van der Waals surface area (Å²) in [4.78, 5) is 0. The minimum absolute atomic E-state index is 1.12. The Hall–Kier alpha value is 0.488. The lowest BCUT2D eigenvalue weighted by atomic mass is 10.4. The second-order valence-electron chi connectivity index (χ2n) is 5.68. The maximum Gasteiger partial charge on any atom is 0.500 e. The van der Waals surface area contributed by atoms with Crippen LogP contribution in [0.3, 0.4) is 0 Å². The Labute approximate surface area is 118 Å². The molecule has 1 rings (SSSR count). The van der Waals surface area contributed by atoms with Crippen LogP contribution in [0.25, 0.3) is 0 Å². The number of allylic oxidation sites excluding steroid dienone is 2. The Morgan fingerprint density at radius 3 is 1.61 bits per heavy atom. The Morgan fingerprint density at radius 2 is 1.33 bits per heavy atom. The Kier molecular flexibility index (Phi) is 6.72. The molecule has 0 heterocycles. The van der Waals surface area contributed by atoms with Gasteiger partial charge in [0.25, 0.3) is 0 Å². The lowest BCUT2D eigenvalue weighted by Gasteiger charge is -2.36. The highest BCUT2D eigenvalue weighted by Gasteiger charge is 2.47. The standard InChI is InChI=1S/C11H28O3Si4/c1-15(2)12-18(13-16(3)4,14-17(5)6)11-9-7-8-10-11/h9,15-17H,7-8,10H2,1-6H3. The summed E-state index contributed by atoms with van der Waals surface area (Å²) in [5.74, 6) is 0. The van der Waals surface area contributed by atoms with Crippen LogP contribution in [0.4, 0.5) is 0 Å². The van der Waals surface area contributed by atoms with E-state index in [1.807, 2.05) is 0 Å². The van der Waals surface area contributed by atoms with Gasteiger partial charge in [0.1, 0.15) is 0 Å². The molecule has 0 radical (unpaired) electrons. The first kappa shape index (κ1) is 16.5. The van der Waals surface area contributed by atoms with Gasteiger partial charge in [-0.15, -0.1) is 0 Å². The summed E-state index contributed by atoms with van der Waals surface area (Å²) in [5.41, 5.74) is 0. The van der Waals surface area contributed by atoms with Crippen molar-refractivity contribution in [3.05, 3.63) is 11.3 Å². The van der Waals surface area contributed by atoms with Crippen LogP contribution in [-0.2, 0) is 12.3 Å². The minimum Gasteiger partial charge on any atom is -0.417 e. The smallest absolute Gasteiger partial charge is 0.417 e. The summed E-state index contributed by atoms with van der Waals surface area (Å²) in [7, 11) is -5.97. The predicted molar refractivity (Wildman–Crippen MR) is 87.6 cm³/mol. The molecule has 0 amide bonds. The van der Waals surface area contributed by atoms with Crippen LogP contribution in [0.5, 0.6) is 0 Å². The molecule has 7 heteroatoms. The molecule has 18 heavy (non-hydrogen) atoms. The maximum atomic E-state index is 6.38. The summed E-state index contributed by atoms with van der Waals surface area (Å²) in [6, 6.07) is 0. The summed E-state index contributed by atoms with van der Waals surface area (Å²) in [6.45, 7) is 13.3. The summed E-state index contributed by atoms with van der Waals surface area (Å²) in [5, 5.41) is 1.38. The van der Waals surface area contributed by atoms with E-state index in [2.05, 4.69) is 45.4 Å². The van der Waals surface area contributed by atoms with Crippen molar-refractivity contribution in [3.63, 3.8) is 0 Å². The molecule has 0 saturated carbocycles. The van der Waals surface area contributed by atoms with Gasteiger partial charge < -0.3 is 12.3 Å². The molecule has 1 aliphatic carbocycles. The van der Waals surface area contributed by atoms with Crippen molar-refractivity contribution in [2.75, 3.05) is 0 Å². The molecule has 0 aromatic carbocycles. The second kappa shape index (κ2) is 7.32. The maximum absolute atomic E-state index is 6.38. The van der Waals surface area contributed by atoms with Crippen LogP contribution in [0.15, 0.2) is 11.3 Å². The largest absolute Gasteiger partial charge is 0.500 e. The van der Waals surface area contributed by atoms with E-state index < -0.39 is 35.9 Å². The van der Waals surface area contributed by atoms with Crippen molar-refractivity contribution in [1.82, 2.24) is 0 Å². The first-order chi connectivity index (χ1) is 8.35. The van der Waals surface area contributed by atoms with Crippen molar-refractivity contribution >= 4 is 35.9 Å². The number of rotatable bonds is 7. The van der Waals surface area contributed by atoms with Gasteiger partial charge in [0, 0.05) is 0 Å². The molecule has 0 aromatic rings. The third-order valence-electron chi connectivity index (χ3n) is 2.61. The zero-order valence-corrected chi connectivity index (χ0v) is 17.1. The summed E-state index contributed by atoms with van der Waals surface area (Å²) >= 11 is 0. The molecule has 0 bridgehead atoms. The SMILES string of the molecule is C[SiH](C)O[Si](O[SiH](C)C)(O[SiH](C)C)C1=CCCC1. The van der Waals surface area contributed by atoms with Crippen LogP contribution < -0.4 is 0 Å². The van der Waals surface area contributed by atoms with Crippen LogP contribution in [0, 0.1) is 0 Å². The van der Waals surface area contributed by atoms with E-state index >= 15 is 0 Å². The van der Waals surface area contributed by atoms with Crippen LogP contribution in [-0.4, -0.2) is 35.9 Å². The van der Waals surface area contributed by atoms with Gasteiger partial charge in [-0.3, -0.25) is 0 Å². The fraction of sp³-hybridized carbons (Fsp3) is 0.818. The van der Waals surface area contributed by atoms with Crippen molar-refractivity contribution in [2.24, 2.45) is 0 Å². The van der Waals surface area contributed by atoms with Crippen molar-refractivity contribution < 1.29 is 12.3 Å². The molecule has 0 atom stereocenters. The Morgan fingerprint density at radius 1 is 0.889 bits per heavy atom. The van der Waals surface area contributed by atoms with Crippen molar-refractivity contribution in [2.45, 2.75) is 58.5 Å². The molecule has 1 aliphatic rings. The minimum atomic E-state index is -2.51. The zero-order valence-electron chi connectivity index (χ0n) is 12.7. The average molecular weight is 321 g/mol. The monoisotopic (exact) mass is 320 g/mol. The fourth-order valence-electron chi connectivity index (χ4n) is 2.19. The van der Waals surface area contributed by atoms with E-state index in [0.29, 0.717) is 0 Å². The molecular formula is C11H28O3Si4. The molecule has 0 spiro atoms. The molecule has 0 N–H and O–H groups in total. The molecule has 106 valence electrons. The van der Waals surface area contributed by atoms with Gasteiger partial charge in [-0.05, 0) is 63.7 Å². The fourth-order valence-corrected chi connectivity index (χ4v) is 14.5. The zero-order chi connectivity index (χ0) is 13.8. The topological polar surface area (TPSA) is 27.7 Å². The van der Waals surface area contributed by atoms with Gasteiger partial charge in [0.15, 0.2) is 27.1 Å². The summed E-state index contributed by atoms with van der Waals surface area (Å²) < 4.78 is 19.1. The van der Waals surface area contributed by atoms with E-state index in [9.17, 15) is 0 Å². The van der Waals surface area contributed by atoms with Gasteiger partial charge in [-0.25, -0.2) is 0 Å². The van der Waals surface area contributed by atoms with Crippen LogP contribution in [0.1, 0.15) is 19.3 Å². The van der Waals surface area contributed by atoms with Crippen LogP contribution in [0.2, 0.25) is 39.3 Å². The highest BCUT2D eigenvalue weighted by Crippen LogP contribution is 2.31. The van der Waals surface area contributed by atoms with Gasteiger partial charge >= 0.3 is 8.80 Å². The molecule has 3 nitrogen and oxygen atoms in total. The summed E-state index contributed by atoms with van der Waals surface area (Å²) in [6.07, 6.45) is 5.85. The third-order valence-corrected chi connectivity index (χ3v) is 13.2. The van der Waals surface area contributed by atoms with Gasteiger partial charge in [-0.2, -0.15) is 0 Å². The number of hydrogen-bond donors (Lipinski definition) is 0. The molecule has 0 fully saturated rings. The molecule has 0 unspecified atom stereocenters. The first-order valence-corrected chi connectivity index (χ1v) is 17.2. The lowest BCUT2D eigenvalue weighted by Crippen LogP contribution is -2.54. The van der Waals surface area contributed by atoms with Gasteiger partial charge in [0.2, 0.25) is 0 Å². The second-order valence-corrected chi connectivity index (χ2v) is 16.6. The average Bonchev–Trinajstić information content (AvgIpc) is 2.65. The van der Waals surface area contributed by atoms with Crippen LogP contribution >= 0.6 is 0 Å². The van der Waals surface area contributed by atoms with E-state index in [-0.39, 0.29) is 0 Å². The third kappa shape index (κ3) is 4.87. The van der Waals surface area contributed by atoms with E-state index in [0.717, 1.165) is 6.42 Å². The Balaban J connectivity index is 2.98. The predicted octanol–water partition coefficient (Wildman–Crippen LogP) is 2.57. The Bertz CT molecular complexity index is 265.